The molecule has 0 aliphatic rings. The molecule has 0 saturated heterocycles. The van der Waals surface area contributed by atoms with Gasteiger partial charge in [-0.05, 0) is 141 Å². The summed E-state index contributed by atoms with van der Waals surface area (Å²) in [5.41, 5.74) is 0. The van der Waals surface area contributed by atoms with Gasteiger partial charge >= 0.3 is 33.6 Å². The average Bonchev–Trinajstić information content (AvgIpc) is 2.24. The number of hydrogen-bond donors (Lipinski definition) is 4. The lowest BCUT2D eigenvalue weighted by Gasteiger charge is -2.21. The van der Waals surface area contributed by atoms with Crippen molar-refractivity contribution in [2.45, 2.75) is 245 Å². The number of rotatable bonds is 64. The van der Waals surface area contributed by atoms with Crippen LogP contribution in [-0.4, -0.2) is 95.9 Å². The smallest absolute Gasteiger partial charge is 0.463 e. The van der Waals surface area contributed by atoms with Crippen LogP contribution in [0, 0.1) is 0 Å². The molecule has 0 heterocycles. The predicted molar refractivity (Wildman–Crippen MR) is 389 cm³/mol. The summed E-state index contributed by atoms with van der Waals surface area (Å²) < 4.78 is 60.8. The summed E-state index contributed by atoms with van der Waals surface area (Å²) in [4.78, 5) is 58.4. The number of phosphoric acid groups is 2. The van der Waals surface area contributed by atoms with E-state index in [0.717, 1.165) is 161 Å². The van der Waals surface area contributed by atoms with Crippen molar-refractivity contribution in [2.75, 3.05) is 39.6 Å². The zero-order chi connectivity index (χ0) is 69.5. The lowest BCUT2D eigenvalue weighted by molar-refractivity contribution is -0.161. The van der Waals surface area contributed by atoms with Gasteiger partial charge in [0.25, 0.3) is 0 Å². The number of carbonyl (C=O) groups is 3. The SMILES string of the molecule is CC/C=C\C/C=C\C/C=C\C/C=C\C/C=C\C/C=C\CCCCCCCCC(=O)OCC(O)COP(=O)(O)OCC(O)COP(=O)(O)OCC(COC(=O)CC/C=C\C/C=C\C/C=C\C/C=C\C/C=C\C/C=C\CC)OC(=O)CCCCCCC/C=C\C/C=C\C/C=C\CC. The highest BCUT2D eigenvalue weighted by atomic mass is 31.2. The van der Waals surface area contributed by atoms with Crippen molar-refractivity contribution in [1.82, 2.24) is 0 Å². The summed E-state index contributed by atoms with van der Waals surface area (Å²) in [7, 11) is -9.83. The van der Waals surface area contributed by atoms with Crippen molar-refractivity contribution in [1.29, 1.82) is 0 Å². The van der Waals surface area contributed by atoms with Crippen molar-refractivity contribution in [3.05, 3.63) is 182 Å². The molecular weight excluding hydrogens is 1240 g/mol. The number of carbonyl (C=O) groups excluding carboxylic acids is 3. The molecule has 0 aromatic heterocycles. The van der Waals surface area contributed by atoms with Gasteiger partial charge in [0, 0.05) is 19.3 Å². The van der Waals surface area contributed by atoms with Crippen LogP contribution in [0.1, 0.15) is 226 Å². The number of aliphatic hydroxyl groups is 2. The molecule has 0 bridgehead atoms. The fourth-order valence-electron chi connectivity index (χ4n) is 8.38. The van der Waals surface area contributed by atoms with Gasteiger partial charge in [0.2, 0.25) is 0 Å². The molecule has 0 aliphatic carbocycles. The molecule has 5 unspecified atom stereocenters. The maximum Gasteiger partial charge on any atom is 0.472 e. The first-order valence-electron chi connectivity index (χ1n) is 35.1. The molecule has 4 N–H and O–H groups in total. The summed E-state index contributed by atoms with van der Waals surface area (Å²) in [6.07, 6.45) is 86.7. The van der Waals surface area contributed by atoms with E-state index in [0.29, 0.717) is 25.7 Å². The molecule has 16 nitrogen and oxygen atoms in total. The van der Waals surface area contributed by atoms with Crippen molar-refractivity contribution >= 4 is 33.6 Å². The lowest BCUT2D eigenvalue weighted by Crippen LogP contribution is -2.30. The number of hydrogen-bond acceptors (Lipinski definition) is 14. The molecule has 0 fully saturated rings. The highest BCUT2D eigenvalue weighted by Crippen LogP contribution is 2.45. The predicted octanol–water partition coefficient (Wildman–Crippen LogP) is 19.9. The minimum Gasteiger partial charge on any atom is -0.463 e. The van der Waals surface area contributed by atoms with Crippen LogP contribution >= 0.6 is 15.6 Å². The van der Waals surface area contributed by atoms with Gasteiger partial charge in [0.1, 0.15) is 25.4 Å². The summed E-state index contributed by atoms with van der Waals surface area (Å²) in [5, 5.41) is 20.6. The van der Waals surface area contributed by atoms with E-state index >= 15 is 0 Å². The van der Waals surface area contributed by atoms with Gasteiger partial charge in [0.15, 0.2) is 6.10 Å². The first-order valence-corrected chi connectivity index (χ1v) is 38.1. The zero-order valence-corrected chi connectivity index (χ0v) is 59.8. The second kappa shape index (κ2) is 68.6. The van der Waals surface area contributed by atoms with Crippen LogP contribution in [-0.2, 0) is 55.8 Å². The maximum absolute atomic E-state index is 12.9. The third-order valence-electron chi connectivity index (χ3n) is 13.6. The van der Waals surface area contributed by atoms with E-state index in [1.54, 1.807) is 0 Å². The standard InChI is InChI=1S/C77H122O16P2/c1-4-7-10-13-16-19-22-25-28-30-32-33-34-35-36-37-39-41-43-45-48-51-54-57-60-63-75(80)87-66-72(78)67-89-94(83,84)90-68-73(79)69-91-95(85,86)92-71-74(93-77(82)65-62-59-56-53-50-47-42-27-24-21-18-15-12-9-6-3)70-88-76(81)64-61-58-55-52-49-46-44-40-38-31-29-26-23-20-17-14-11-8-5-2/h7-12,16-21,25-29,32-33,35-36,38-42,46,49,55,58,72-74,78-79H,4-6,13-15,22-24,30-31,34,37,43-45,47-48,50-54,56-57,59-71H2,1-3H3,(H,83,84)(H,85,86)/b10-7-,11-8-,12-9-,19-16-,20-17-,21-18-,28-25-,29-26-,33-32-,36-35-,40-38-,41-39-,42-27-,49-46-,58-55-. The van der Waals surface area contributed by atoms with Gasteiger partial charge in [-0.25, -0.2) is 9.13 Å². The Morgan fingerprint density at radius 1 is 0.295 bits per heavy atom. The Hall–Kier alpha value is -5.35. The van der Waals surface area contributed by atoms with Gasteiger partial charge in [-0.1, -0.05) is 248 Å². The fraction of sp³-hybridized carbons (Fsp3) is 0.571. The molecule has 95 heavy (non-hydrogen) atoms. The van der Waals surface area contributed by atoms with Gasteiger partial charge in [0.05, 0.1) is 26.4 Å². The van der Waals surface area contributed by atoms with E-state index in [9.17, 15) is 43.5 Å². The van der Waals surface area contributed by atoms with Crippen LogP contribution in [0.5, 0.6) is 0 Å². The molecule has 0 aliphatic heterocycles. The quantitative estimate of drug-likeness (QED) is 0.0146. The summed E-state index contributed by atoms with van der Waals surface area (Å²) in [6, 6.07) is 0. The lowest BCUT2D eigenvalue weighted by atomic mass is 10.1. The molecule has 0 saturated carbocycles. The molecule has 0 aromatic carbocycles. The van der Waals surface area contributed by atoms with Gasteiger partial charge in [-0.2, -0.15) is 0 Å². The number of ether oxygens (including phenoxy) is 3. The molecule has 0 radical (unpaired) electrons. The fourth-order valence-corrected chi connectivity index (χ4v) is 9.96. The van der Waals surface area contributed by atoms with Crippen molar-refractivity contribution in [2.24, 2.45) is 0 Å². The number of unbranched alkanes of at least 4 members (excludes halogenated alkanes) is 11. The van der Waals surface area contributed by atoms with Gasteiger partial charge in [-0.3, -0.25) is 32.5 Å². The zero-order valence-electron chi connectivity index (χ0n) is 58.0. The van der Waals surface area contributed by atoms with E-state index in [1.807, 2.05) is 18.2 Å². The highest BCUT2D eigenvalue weighted by molar-refractivity contribution is 7.47. The van der Waals surface area contributed by atoms with Crippen molar-refractivity contribution in [3.63, 3.8) is 0 Å². The second-order valence-electron chi connectivity index (χ2n) is 22.5. The Morgan fingerprint density at radius 2 is 0.547 bits per heavy atom. The Kier molecular flexibility index (Phi) is 64.7. The third-order valence-corrected chi connectivity index (χ3v) is 15.5. The average molecular weight is 1370 g/mol. The number of aliphatic hydroxyl groups excluding tert-OH is 2. The summed E-state index contributed by atoms with van der Waals surface area (Å²) in [6.45, 7) is 2.16. The van der Waals surface area contributed by atoms with Gasteiger partial charge in [-0.15, -0.1) is 0 Å². The van der Waals surface area contributed by atoms with E-state index in [2.05, 4.69) is 185 Å². The first kappa shape index (κ1) is 89.6. The van der Waals surface area contributed by atoms with Crippen LogP contribution in [0.25, 0.3) is 0 Å². The van der Waals surface area contributed by atoms with Crippen molar-refractivity contribution < 1.29 is 75.8 Å². The number of esters is 3. The third kappa shape index (κ3) is 69.8. The van der Waals surface area contributed by atoms with E-state index in [1.165, 1.54) is 0 Å². The van der Waals surface area contributed by atoms with Gasteiger partial charge < -0.3 is 34.2 Å². The van der Waals surface area contributed by atoms with Crippen molar-refractivity contribution in [3.8, 4) is 0 Å². The molecule has 0 aromatic rings. The van der Waals surface area contributed by atoms with Crippen LogP contribution in [0.15, 0.2) is 182 Å². The highest BCUT2D eigenvalue weighted by Gasteiger charge is 2.29. The molecule has 5 atom stereocenters. The normalized spacial score (nSPS) is 15.2. The Balaban J connectivity index is 4.72. The van der Waals surface area contributed by atoms with Crippen LogP contribution in [0.3, 0.4) is 0 Å². The number of allylic oxidation sites excluding steroid dienone is 30. The molecule has 536 valence electrons. The minimum atomic E-state index is -4.96. The van der Waals surface area contributed by atoms with Crippen LogP contribution < -0.4 is 0 Å². The number of phosphoric ester groups is 2. The first-order chi connectivity index (χ1) is 46.2. The van der Waals surface area contributed by atoms with E-state index in [-0.39, 0.29) is 19.3 Å². The summed E-state index contributed by atoms with van der Waals surface area (Å²) in [5.74, 6) is -1.72. The Labute approximate surface area is 573 Å². The Bertz CT molecular complexity index is 2460. The minimum absolute atomic E-state index is 0.0337. The maximum atomic E-state index is 12.9. The molecule has 18 heteroatoms. The van der Waals surface area contributed by atoms with E-state index in [4.69, 9.17) is 32.3 Å². The topological polar surface area (TPSA) is 231 Å². The molecule has 0 spiro atoms. The Morgan fingerprint density at radius 3 is 0.895 bits per heavy atom. The molecule has 0 rings (SSSR count). The molecular formula is C77H122O16P2. The second-order valence-corrected chi connectivity index (χ2v) is 25.4. The van der Waals surface area contributed by atoms with Crippen LogP contribution in [0.4, 0.5) is 0 Å². The van der Waals surface area contributed by atoms with Crippen LogP contribution in [0.2, 0.25) is 0 Å². The largest absolute Gasteiger partial charge is 0.472 e. The monoisotopic (exact) mass is 1360 g/mol. The molecule has 0 amide bonds. The van der Waals surface area contributed by atoms with E-state index < -0.39 is 91.5 Å². The summed E-state index contributed by atoms with van der Waals surface area (Å²) >= 11 is 0.